The fraction of sp³-hybridized carbons (Fsp3) is 0.364. The van der Waals surface area contributed by atoms with Crippen LogP contribution < -0.4 is 17.0 Å². The molecule has 0 fully saturated rings. The van der Waals surface area contributed by atoms with Crippen molar-refractivity contribution in [1.29, 1.82) is 0 Å². The van der Waals surface area contributed by atoms with Gasteiger partial charge in [-0.2, -0.15) is 0 Å². The van der Waals surface area contributed by atoms with E-state index in [2.05, 4.69) is 5.43 Å². The molecule has 1 unspecified atom stereocenters. The van der Waals surface area contributed by atoms with E-state index in [-0.39, 0.29) is 11.2 Å². The van der Waals surface area contributed by atoms with E-state index in [0.717, 1.165) is 10.5 Å². The minimum Gasteiger partial charge on any atom is -0.398 e. The fourth-order valence-corrected chi connectivity index (χ4v) is 2.33. The van der Waals surface area contributed by atoms with Gasteiger partial charge in [-0.05, 0) is 31.0 Å². The molecule has 1 rings (SSSR count). The van der Waals surface area contributed by atoms with Gasteiger partial charge in [0.15, 0.2) is 0 Å². The first-order valence-electron chi connectivity index (χ1n) is 5.11. The van der Waals surface area contributed by atoms with Crippen molar-refractivity contribution in [2.75, 3.05) is 5.73 Å². The summed E-state index contributed by atoms with van der Waals surface area (Å²) in [6.07, 6.45) is 0.709. The number of hydrogen-bond acceptors (Lipinski definition) is 4. The lowest BCUT2D eigenvalue weighted by atomic mass is 10.2. The third kappa shape index (κ3) is 3.15. The van der Waals surface area contributed by atoms with E-state index in [9.17, 15) is 4.79 Å². The van der Waals surface area contributed by atoms with E-state index in [0.29, 0.717) is 12.1 Å². The highest BCUT2D eigenvalue weighted by Crippen LogP contribution is 2.30. The summed E-state index contributed by atoms with van der Waals surface area (Å²) in [6.45, 7) is 3.92. The lowest BCUT2D eigenvalue weighted by Gasteiger charge is -2.14. The van der Waals surface area contributed by atoms with E-state index in [1.807, 2.05) is 32.0 Å². The maximum atomic E-state index is 11.4. The van der Waals surface area contributed by atoms with Crippen LogP contribution in [-0.4, -0.2) is 11.2 Å². The number of aryl methyl sites for hydroxylation is 1. The van der Waals surface area contributed by atoms with Crippen molar-refractivity contribution in [3.8, 4) is 0 Å². The third-order valence-electron chi connectivity index (χ3n) is 2.24. The lowest BCUT2D eigenvalue weighted by molar-refractivity contribution is -0.120. The predicted molar refractivity (Wildman–Crippen MR) is 67.9 cm³/mol. The Morgan fingerprint density at radius 2 is 2.25 bits per heavy atom. The number of nitrogen functional groups attached to an aromatic ring is 1. The number of hydrazine groups is 1. The Labute approximate surface area is 99.7 Å². The molecule has 1 aromatic carbocycles. The van der Waals surface area contributed by atoms with Crippen LogP contribution in [0.25, 0.3) is 0 Å². The smallest absolute Gasteiger partial charge is 0.247 e. The van der Waals surface area contributed by atoms with E-state index >= 15 is 0 Å². The average Bonchev–Trinajstić information content (AvgIpc) is 2.27. The zero-order valence-electron chi connectivity index (χ0n) is 9.49. The second-order valence-electron chi connectivity index (χ2n) is 3.56. The second-order valence-corrected chi connectivity index (χ2v) is 4.81. The summed E-state index contributed by atoms with van der Waals surface area (Å²) in [4.78, 5) is 12.3. The molecule has 4 nitrogen and oxygen atoms in total. The van der Waals surface area contributed by atoms with E-state index in [1.54, 1.807) is 0 Å². The first kappa shape index (κ1) is 12.9. The molecule has 88 valence electrons. The number of carbonyl (C=O) groups is 1. The number of anilines is 1. The van der Waals surface area contributed by atoms with Crippen molar-refractivity contribution in [3.63, 3.8) is 0 Å². The van der Waals surface area contributed by atoms with E-state index in [4.69, 9.17) is 11.6 Å². The van der Waals surface area contributed by atoms with Crippen LogP contribution in [0.15, 0.2) is 23.1 Å². The van der Waals surface area contributed by atoms with Gasteiger partial charge in [-0.3, -0.25) is 10.2 Å². The number of amides is 1. The largest absolute Gasteiger partial charge is 0.398 e. The van der Waals surface area contributed by atoms with Gasteiger partial charge in [0.1, 0.15) is 0 Å². The second kappa shape index (κ2) is 5.77. The lowest BCUT2D eigenvalue weighted by Crippen LogP contribution is -2.37. The molecule has 0 aliphatic heterocycles. The van der Waals surface area contributed by atoms with Crippen LogP contribution in [-0.2, 0) is 4.79 Å². The molecule has 0 heterocycles. The molecular formula is C11H17N3OS. The zero-order chi connectivity index (χ0) is 12.1. The van der Waals surface area contributed by atoms with Gasteiger partial charge < -0.3 is 5.73 Å². The minimum absolute atomic E-state index is 0.174. The molecule has 1 amide bonds. The summed E-state index contributed by atoms with van der Waals surface area (Å²) in [5.41, 5.74) is 9.86. The molecule has 0 aliphatic carbocycles. The van der Waals surface area contributed by atoms with Crippen LogP contribution >= 0.6 is 11.8 Å². The van der Waals surface area contributed by atoms with Crippen molar-refractivity contribution < 1.29 is 4.79 Å². The molecule has 16 heavy (non-hydrogen) atoms. The summed E-state index contributed by atoms with van der Waals surface area (Å²) in [6, 6.07) is 5.81. The maximum Gasteiger partial charge on any atom is 0.247 e. The Morgan fingerprint density at radius 3 is 2.75 bits per heavy atom. The molecular weight excluding hydrogens is 222 g/mol. The van der Waals surface area contributed by atoms with Crippen molar-refractivity contribution in [3.05, 3.63) is 23.8 Å². The SMILES string of the molecule is CCC(Sc1ccc(C)cc1N)C(=O)NN. The average molecular weight is 239 g/mol. The normalized spacial score (nSPS) is 12.2. The molecule has 0 radical (unpaired) electrons. The first-order chi connectivity index (χ1) is 7.58. The summed E-state index contributed by atoms with van der Waals surface area (Å²) in [7, 11) is 0. The molecule has 5 N–H and O–H groups in total. The Balaban J connectivity index is 2.82. The van der Waals surface area contributed by atoms with Gasteiger partial charge in [0.2, 0.25) is 5.91 Å². The highest BCUT2D eigenvalue weighted by atomic mass is 32.2. The summed E-state index contributed by atoms with van der Waals surface area (Å²) >= 11 is 1.44. The quantitative estimate of drug-likeness (QED) is 0.244. The highest BCUT2D eigenvalue weighted by molar-refractivity contribution is 8.00. The summed E-state index contributed by atoms with van der Waals surface area (Å²) in [5.74, 6) is 4.95. The topological polar surface area (TPSA) is 81.1 Å². The van der Waals surface area contributed by atoms with E-state index in [1.165, 1.54) is 11.8 Å². The van der Waals surface area contributed by atoms with Gasteiger partial charge in [-0.25, -0.2) is 5.84 Å². The molecule has 1 aromatic rings. The number of benzene rings is 1. The van der Waals surface area contributed by atoms with Gasteiger partial charge >= 0.3 is 0 Å². The molecule has 0 aliphatic rings. The predicted octanol–water partition coefficient (Wildman–Crippen LogP) is 1.44. The standard InChI is InChI=1S/C11H17N3OS/c1-3-9(11(15)14-13)16-10-5-4-7(2)6-8(10)12/h4-6,9H,3,12-13H2,1-2H3,(H,14,15). The third-order valence-corrected chi connectivity index (χ3v) is 3.70. The number of nitrogens with one attached hydrogen (secondary N) is 1. The van der Waals surface area contributed by atoms with Crippen LogP contribution in [0.5, 0.6) is 0 Å². The highest BCUT2D eigenvalue weighted by Gasteiger charge is 2.17. The number of hydrogen-bond donors (Lipinski definition) is 3. The van der Waals surface area contributed by atoms with Gasteiger partial charge in [-0.1, -0.05) is 13.0 Å². The first-order valence-corrected chi connectivity index (χ1v) is 5.99. The van der Waals surface area contributed by atoms with Gasteiger partial charge in [0.05, 0.1) is 5.25 Å². The Bertz CT molecular complexity index is 381. The van der Waals surface area contributed by atoms with Gasteiger partial charge in [0.25, 0.3) is 0 Å². The zero-order valence-corrected chi connectivity index (χ0v) is 10.3. The number of thioether (sulfide) groups is 1. The molecule has 1 atom stereocenters. The molecule has 0 aromatic heterocycles. The molecule has 0 bridgehead atoms. The van der Waals surface area contributed by atoms with Crippen LogP contribution in [0.2, 0.25) is 0 Å². The fourth-order valence-electron chi connectivity index (χ4n) is 1.34. The molecule has 5 heteroatoms. The molecule has 0 saturated carbocycles. The maximum absolute atomic E-state index is 11.4. The summed E-state index contributed by atoms with van der Waals surface area (Å²) < 4.78 is 0. The minimum atomic E-state index is -0.199. The van der Waals surface area contributed by atoms with Crippen molar-refractivity contribution in [2.45, 2.75) is 30.4 Å². The monoisotopic (exact) mass is 239 g/mol. The van der Waals surface area contributed by atoms with Crippen molar-refractivity contribution >= 4 is 23.4 Å². The van der Waals surface area contributed by atoms with Gasteiger partial charge in [0, 0.05) is 10.6 Å². The number of rotatable bonds is 4. The van der Waals surface area contributed by atoms with Crippen LogP contribution in [0.1, 0.15) is 18.9 Å². The number of carbonyl (C=O) groups excluding carboxylic acids is 1. The van der Waals surface area contributed by atoms with Crippen molar-refractivity contribution in [1.82, 2.24) is 5.43 Å². The molecule has 0 spiro atoms. The van der Waals surface area contributed by atoms with Crippen LogP contribution in [0, 0.1) is 6.92 Å². The van der Waals surface area contributed by atoms with Gasteiger partial charge in [-0.15, -0.1) is 11.8 Å². The van der Waals surface area contributed by atoms with Crippen LogP contribution in [0.4, 0.5) is 5.69 Å². The van der Waals surface area contributed by atoms with Crippen molar-refractivity contribution in [2.24, 2.45) is 5.84 Å². The number of nitrogens with two attached hydrogens (primary N) is 2. The Hall–Kier alpha value is -1.20. The Kier molecular flexibility index (Phi) is 4.64. The summed E-state index contributed by atoms with van der Waals surface area (Å²) in [5, 5.41) is -0.199. The van der Waals surface area contributed by atoms with E-state index < -0.39 is 0 Å². The Morgan fingerprint density at radius 1 is 1.56 bits per heavy atom. The molecule has 0 saturated heterocycles. The van der Waals surface area contributed by atoms with Crippen LogP contribution in [0.3, 0.4) is 0 Å².